The Morgan fingerprint density at radius 1 is 0.861 bits per heavy atom. The van der Waals surface area contributed by atoms with Gasteiger partial charge in [-0.3, -0.25) is 0 Å². The Balaban J connectivity index is 1.39. The normalized spacial score (nSPS) is 17.7. The van der Waals surface area contributed by atoms with Crippen molar-refractivity contribution in [2.24, 2.45) is 0 Å². The Morgan fingerprint density at radius 3 is 2.22 bits per heavy atom. The van der Waals surface area contributed by atoms with Crippen molar-refractivity contribution in [3.05, 3.63) is 101 Å². The van der Waals surface area contributed by atoms with E-state index >= 15 is 8.78 Å². The topological polar surface area (TPSA) is 18.5 Å². The summed E-state index contributed by atoms with van der Waals surface area (Å²) in [6.45, 7) is 6.48. The standard InChI is InChI=1S/C31H33F3O2/c1-3-19-36-29-18-9-22(20-28(29)32)6-5-21-7-10-23(11-8-21)26-16-17-27(31(34)30(26)33)24-12-14-25(15-13-24)35-4-2/h3,7-11,16-18,20,24-25H,1,4-6,12-15,19H2,2H3. The highest BCUT2D eigenvalue weighted by atomic mass is 19.2. The van der Waals surface area contributed by atoms with Gasteiger partial charge in [-0.2, -0.15) is 0 Å². The molecule has 1 fully saturated rings. The zero-order valence-corrected chi connectivity index (χ0v) is 20.7. The molecule has 4 rings (SSSR count). The summed E-state index contributed by atoms with van der Waals surface area (Å²) in [5.41, 5.74) is 3.27. The summed E-state index contributed by atoms with van der Waals surface area (Å²) in [6, 6.07) is 15.8. The Labute approximate surface area is 211 Å². The van der Waals surface area contributed by atoms with Crippen molar-refractivity contribution in [3.63, 3.8) is 0 Å². The molecule has 0 spiro atoms. The van der Waals surface area contributed by atoms with Crippen LogP contribution in [0.4, 0.5) is 13.2 Å². The second kappa shape index (κ2) is 12.3. The summed E-state index contributed by atoms with van der Waals surface area (Å²) in [5, 5.41) is 0. The SMILES string of the molecule is C=CCOc1ccc(CCc2ccc(-c3ccc(C4CCC(OCC)CC4)c(F)c3F)cc2)cc1F. The van der Waals surface area contributed by atoms with Crippen LogP contribution in [0.3, 0.4) is 0 Å². The molecule has 0 aliphatic heterocycles. The molecule has 2 nitrogen and oxygen atoms in total. The molecule has 0 amide bonds. The van der Waals surface area contributed by atoms with E-state index in [4.69, 9.17) is 9.47 Å². The quantitative estimate of drug-likeness (QED) is 0.265. The van der Waals surface area contributed by atoms with E-state index in [1.54, 1.807) is 24.3 Å². The number of benzene rings is 3. The molecule has 0 N–H and O–H groups in total. The Morgan fingerprint density at radius 2 is 1.56 bits per heavy atom. The minimum atomic E-state index is -0.790. The van der Waals surface area contributed by atoms with Crippen molar-refractivity contribution >= 4 is 0 Å². The highest BCUT2D eigenvalue weighted by Crippen LogP contribution is 2.37. The predicted octanol–water partition coefficient (Wildman–Crippen LogP) is 8.18. The summed E-state index contributed by atoms with van der Waals surface area (Å²) >= 11 is 0. The molecule has 0 bridgehead atoms. The highest BCUT2D eigenvalue weighted by Gasteiger charge is 2.26. The number of ether oxygens (including phenoxy) is 2. The lowest BCUT2D eigenvalue weighted by Gasteiger charge is -2.29. The van der Waals surface area contributed by atoms with Crippen molar-refractivity contribution in [3.8, 4) is 16.9 Å². The van der Waals surface area contributed by atoms with Crippen LogP contribution < -0.4 is 4.74 Å². The molecule has 0 unspecified atom stereocenters. The van der Waals surface area contributed by atoms with Gasteiger partial charge >= 0.3 is 0 Å². The fourth-order valence-corrected chi connectivity index (χ4v) is 4.98. The zero-order chi connectivity index (χ0) is 25.5. The van der Waals surface area contributed by atoms with E-state index in [2.05, 4.69) is 6.58 Å². The summed E-state index contributed by atoms with van der Waals surface area (Å²) < 4.78 is 55.2. The van der Waals surface area contributed by atoms with E-state index in [1.807, 2.05) is 37.3 Å². The number of hydrogen-bond donors (Lipinski definition) is 0. The fourth-order valence-electron chi connectivity index (χ4n) is 4.98. The van der Waals surface area contributed by atoms with Gasteiger partial charge in [0, 0.05) is 12.2 Å². The second-order valence-corrected chi connectivity index (χ2v) is 9.32. The van der Waals surface area contributed by atoms with Crippen LogP contribution in [0, 0.1) is 17.5 Å². The molecule has 3 aromatic rings. The van der Waals surface area contributed by atoms with Gasteiger partial charge in [-0.15, -0.1) is 0 Å². The minimum Gasteiger partial charge on any atom is -0.486 e. The van der Waals surface area contributed by atoms with Crippen LogP contribution in [0.5, 0.6) is 5.75 Å². The Hall–Kier alpha value is -3.05. The van der Waals surface area contributed by atoms with Crippen LogP contribution in [0.25, 0.3) is 11.1 Å². The van der Waals surface area contributed by atoms with Crippen LogP contribution in [-0.2, 0) is 17.6 Å². The van der Waals surface area contributed by atoms with Crippen molar-refractivity contribution in [2.45, 2.75) is 57.5 Å². The zero-order valence-electron chi connectivity index (χ0n) is 20.7. The molecule has 0 radical (unpaired) electrons. The molecule has 1 saturated carbocycles. The van der Waals surface area contributed by atoms with Gasteiger partial charge in [-0.25, -0.2) is 13.2 Å². The minimum absolute atomic E-state index is 0.0279. The third-order valence-corrected chi connectivity index (χ3v) is 6.95. The lowest BCUT2D eigenvalue weighted by Crippen LogP contribution is -2.21. The van der Waals surface area contributed by atoms with Crippen LogP contribution in [-0.4, -0.2) is 19.3 Å². The molecule has 1 aliphatic rings. The van der Waals surface area contributed by atoms with Gasteiger partial charge in [0.1, 0.15) is 6.61 Å². The molecule has 1 aliphatic carbocycles. The Bertz CT molecular complexity index is 1170. The van der Waals surface area contributed by atoms with E-state index in [1.165, 1.54) is 6.07 Å². The molecule has 190 valence electrons. The van der Waals surface area contributed by atoms with E-state index in [0.29, 0.717) is 30.6 Å². The third-order valence-electron chi connectivity index (χ3n) is 6.95. The average Bonchev–Trinajstić information content (AvgIpc) is 2.90. The van der Waals surface area contributed by atoms with Crippen molar-refractivity contribution in [2.75, 3.05) is 13.2 Å². The highest BCUT2D eigenvalue weighted by molar-refractivity contribution is 5.65. The molecular weight excluding hydrogens is 461 g/mol. The number of hydrogen-bond acceptors (Lipinski definition) is 2. The van der Waals surface area contributed by atoms with Gasteiger partial charge in [0.15, 0.2) is 23.2 Å². The van der Waals surface area contributed by atoms with Crippen molar-refractivity contribution in [1.29, 1.82) is 0 Å². The molecule has 36 heavy (non-hydrogen) atoms. The summed E-state index contributed by atoms with van der Waals surface area (Å²) in [5.74, 6) is -1.69. The fraction of sp³-hybridized carbons (Fsp3) is 0.355. The average molecular weight is 495 g/mol. The first-order valence-electron chi connectivity index (χ1n) is 12.7. The first-order chi connectivity index (χ1) is 17.5. The third kappa shape index (κ3) is 6.19. The summed E-state index contributed by atoms with van der Waals surface area (Å²) in [7, 11) is 0. The van der Waals surface area contributed by atoms with E-state index in [9.17, 15) is 4.39 Å². The monoisotopic (exact) mass is 494 g/mol. The maximum absolute atomic E-state index is 15.1. The largest absolute Gasteiger partial charge is 0.486 e. The van der Waals surface area contributed by atoms with Gasteiger partial charge in [0.05, 0.1) is 6.10 Å². The maximum atomic E-state index is 15.1. The lowest BCUT2D eigenvalue weighted by atomic mass is 9.82. The molecule has 0 atom stereocenters. The van der Waals surface area contributed by atoms with Crippen molar-refractivity contribution in [1.82, 2.24) is 0 Å². The molecular formula is C31H33F3O2. The molecule has 3 aromatic carbocycles. The first-order valence-corrected chi connectivity index (χ1v) is 12.7. The van der Waals surface area contributed by atoms with Crippen LogP contribution in [0.2, 0.25) is 0 Å². The summed E-state index contributed by atoms with van der Waals surface area (Å²) in [6.07, 6.45) is 6.53. The van der Waals surface area contributed by atoms with Crippen molar-refractivity contribution < 1.29 is 22.6 Å². The second-order valence-electron chi connectivity index (χ2n) is 9.32. The smallest absolute Gasteiger partial charge is 0.166 e. The van der Waals surface area contributed by atoms with Gasteiger partial charge < -0.3 is 9.47 Å². The van der Waals surface area contributed by atoms with Crippen LogP contribution in [0.15, 0.2) is 67.3 Å². The first kappa shape index (κ1) is 26.0. The van der Waals surface area contributed by atoms with Gasteiger partial charge in [0.25, 0.3) is 0 Å². The Kier molecular flexibility index (Phi) is 8.87. The van der Waals surface area contributed by atoms with E-state index in [0.717, 1.165) is 36.8 Å². The van der Waals surface area contributed by atoms with Gasteiger partial charge in [0.2, 0.25) is 0 Å². The maximum Gasteiger partial charge on any atom is 0.166 e. The van der Waals surface area contributed by atoms with Crippen LogP contribution in [0.1, 0.15) is 55.2 Å². The molecule has 0 heterocycles. The lowest BCUT2D eigenvalue weighted by molar-refractivity contribution is 0.0325. The van der Waals surface area contributed by atoms with E-state index in [-0.39, 0.29) is 29.9 Å². The predicted molar refractivity (Wildman–Crippen MR) is 138 cm³/mol. The summed E-state index contributed by atoms with van der Waals surface area (Å²) in [4.78, 5) is 0. The van der Waals surface area contributed by atoms with Gasteiger partial charge in [-0.1, -0.05) is 55.1 Å². The number of halogens is 3. The number of rotatable bonds is 10. The van der Waals surface area contributed by atoms with E-state index < -0.39 is 17.5 Å². The molecule has 0 aromatic heterocycles. The van der Waals surface area contributed by atoms with Crippen LogP contribution >= 0.6 is 0 Å². The number of aryl methyl sites for hydroxylation is 2. The molecule has 5 heteroatoms. The van der Waals surface area contributed by atoms with Gasteiger partial charge in [-0.05, 0) is 85.8 Å². The molecule has 0 saturated heterocycles.